The van der Waals surface area contributed by atoms with Gasteiger partial charge in [0.2, 0.25) is 11.8 Å². The lowest BCUT2D eigenvalue weighted by Gasteiger charge is -2.33. The van der Waals surface area contributed by atoms with E-state index in [0.29, 0.717) is 15.6 Å². The Bertz CT molecular complexity index is 1160. The summed E-state index contributed by atoms with van der Waals surface area (Å²) >= 11 is 12.3. The maximum Gasteiger partial charge on any atom is 0.365 e. The van der Waals surface area contributed by atoms with Crippen molar-refractivity contribution in [3.63, 3.8) is 0 Å². The van der Waals surface area contributed by atoms with Crippen LogP contribution in [-0.2, 0) is 9.53 Å². The van der Waals surface area contributed by atoms with Crippen LogP contribution in [0.25, 0.3) is 11.0 Å². The van der Waals surface area contributed by atoms with E-state index in [4.69, 9.17) is 27.9 Å². The number of aromatic nitrogens is 2. The number of imidazole rings is 1. The minimum Gasteiger partial charge on any atom is -0.402 e. The van der Waals surface area contributed by atoms with E-state index in [0.717, 1.165) is 43.2 Å². The number of H-pyrrole nitrogens is 1. The minimum atomic E-state index is -0.499. The number of para-hydroxylation sites is 2. The zero-order chi connectivity index (χ0) is 20.7. The summed E-state index contributed by atoms with van der Waals surface area (Å²) in [5, 5.41) is 0.693. The van der Waals surface area contributed by atoms with Crippen LogP contribution >= 0.6 is 23.2 Å². The van der Waals surface area contributed by atoms with E-state index in [2.05, 4.69) is 24.8 Å². The third-order valence-electron chi connectivity index (χ3n) is 5.10. The van der Waals surface area contributed by atoms with Gasteiger partial charge in [0.25, 0.3) is 0 Å². The average molecular weight is 442 g/mol. The van der Waals surface area contributed by atoms with Crippen molar-refractivity contribution in [1.82, 2.24) is 14.9 Å². The molecule has 0 amide bonds. The van der Waals surface area contributed by atoms with Crippen molar-refractivity contribution in [2.75, 3.05) is 31.1 Å². The monoisotopic (exact) mass is 441 g/mol. The molecule has 0 radical (unpaired) electrons. The van der Waals surface area contributed by atoms with Gasteiger partial charge in [-0.3, -0.25) is 0 Å². The number of nitrogens with one attached hydrogen (secondary N) is 1. The van der Waals surface area contributed by atoms with Gasteiger partial charge in [-0.05, 0) is 24.3 Å². The van der Waals surface area contributed by atoms with Crippen molar-refractivity contribution in [2.24, 2.45) is 4.99 Å². The Morgan fingerprint density at radius 2 is 1.83 bits per heavy atom. The summed E-state index contributed by atoms with van der Waals surface area (Å²) in [5.74, 6) is 0.528. The number of hydrogen-bond donors (Lipinski definition) is 1. The lowest BCUT2D eigenvalue weighted by Crippen LogP contribution is -2.44. The van der Waals surface area contributed by atoms with Gasteiger partial charge in [-0.25, -0.2) is 14.8 Å². The summed E-state index contributed by atoms with van der Waals surface area (Å²) in [6.07, 6.45) is 1.74. The Hall–Kier alpha value is -3.03. The van der Waals surface area contributed by atoms with E-state index in [-0.39, 0.29) is 11.6 Å². The molecule has 0 unspecified atom stereocenters. The van der Waals surface area contributed by atoms with Crippen LogP contribution in [0.15, 0.2) is 59.4 Å². The van der Waals surface area contributed by atoms with E-state index in [1.165, 1.54) is 0 Å². The molecule has 1 fully saturated rings. The first kappa shape index (κ1) is 19.0. The molecule has 1 aromatic heterocycles. The highest BCUT2D eigenvalue weighted by Crippen LogP contribution is 2.29. The van der Waals surface area contributed by atoms with Gasteiger partial charge in [0.05, 0.1) is 26.6 Å². The number of piperazine rings is 1. The number of benzene rings is 2. The normalized spacial score (nSPS) is 18.3. The molecule has 1 saturated heterocycles. The summed E-state index contributed by atoms with van der Waals surface area (Å²) in [6, 6.07) is 13.1. The highest BCUT2D eigenvalue weighted by atomic mass is 35.5. The van der Waals surface area contributed by atoms with Crippen LogP contribution in [0.4, 0.5) is 5.95 Å². The average Bonchev–Trinajstić information content (AvgIpc) is 3.34. The van der Waals surface area contributed by atoms with Crippen LogP contribution < -0.4 is 4.90 Å². The van der Waals surface area contributed by atoms with Gasteiger partial charge in [0.15, 0.2) is 5.70 Å². The molecule has 1 N–H and O–H groups in total. The number of ether oxygens (including phenoxy) is 1. The molecular formula is C21H17Cl2N5O2. The molecule has 30 heavy (non-hydrogen) atoms. The number of halogens is 2. The first-order valence-corrected chi connectivity index (χ1v) is 10.2. The number of nitrogens with zero attached hydrogens (tertiary/aromatic N) is 4. The number of cyclic esters (lactones) is 1. The highest BCUT2D eigenvalue weighted by molar-refractivity contribution is 6.44. The summed E-state index contributed by atoms with van der Waals surface area (Å²) in [5.41, 5.74) is 2.72. The fraction of sp³-hybridized carbons (Fsp3) is 0.190. The van der Waals surface area contributed by atoms with Crippen molar-refractivity contribution < 1.29 is 9.53 Å². The number of rotatable bonds is 3. The standard InChI is InChI=1S/C21H17Cl2N5O2/c22-14-5-3-4-13(18(14)23)19-24-17(20(29)30-19)12-27-8-10-28(11-9-27)21-25-15-6-1-2-7-16(15)26-21/h1-7,12H,8-11H2,(H,25,26)/b17-12+. The van der Waals surface area contributed by atoms with Crippen molar-refractivity contribution in [2.45, 2.75) is 0 Å². The molecule has 7 nitrogen and oxygen atoms in total. The number of fused-ring (bicyclic) bond motifs is 1. The Kier molecular flexibility index (Phi) is 4.84. The molecule has 2 aliphatic rings. The number of esters is 1. The smallest absolute Gasteiger partial charge is 0.365 e. The fourth-order valence-corrected chi connectivity index (χ4v) is 3.89. The van der Waals surface area contributed by atoms with E-state index in [1.807, 2.05) is 24.3 Å². The van der Waals surface area contributed by atoms with Crippen molar-refractivity contribution in [1.29, 1.82) is 0 Å². The summed E-state index contributed by atoms with van der Waals surface area (Å²) in [7, 11) is 0. The molecule has 9 heteroatoms. The summed E-state index contributed by atoms with van der Waals surface area (Å²) in [6.45, 7) is 3.01. The van der Waals surface area contributed by atoms with Crippen LogP contribution in [0.3, 0.4) is 0 Å². The van der Waals surface area contributed by atoms with Gasteiger partial charge in [0, 0.05) is 32.4 Å². The van der Waals surface area contributed by atoms with Crippen molar-refractivity contribution in [3.05, 3.63) is 70.0 Å². The van der Waals surface area contributed by atoms with E-state index < -0.39 is 5.97 Å². The molecule has 152 valence electrons. The molecule has 3 heterocycles. The first-order chi connectivity index (χ1) is 14.6. The third-order valence-corrected chi connectivity index (χ3v) is 5.92. The maximum absolute atomic E-state index is 12.3. The summed E-state index contributed by atoms with van der Waals surface area (Å²) < 4.78 is 5.31. The van der Waals surface area contributed by atoms with Gasteiger partial charge in [0.1, 0.15) is 0 Å². The Morgan fingerprint density at radius 1 is 1.03 bits per heavy atom. The zero-order valence-electron chi connectivity index (χ0n) is 15.8. The van der Waals surface area contributed by atoms with E-state index in [9.17, 15) is 4.79 Å². The molecule has 0 spiro atoms. The molecule has 2 aliphatic heterocycles. The van der Waals surface area contributed by atoms with E-state index in [1.54, 1.807) is 24.4 Å². The summed E-state index contributed by atoms with van der Waals surface area (Å²) in [4.78, 5) is 28.9. The second-order valence-electron chi connectivity index (χ2n) is 7.02. The van der Waals surface area contributed by atoms with Crippen molar-refractivity contribution >= 4 is 52.1 Å². The second kappa shape index (κ2) is 7.66. The fourth-order valence-electron chi connectivity index (χ4n) is 3.51. The predicted molar refractivity (Wildman–Crippen MR) is 117 cm³/mol. The van der Waals surface area contributed by atoms with Gasteiger partial charge >= 0.3 is 5.97 Å². The van der Waals surface area contributed by atoms with E-state index >= 15 is 0 Å². The largest absolute Gasteiger partial charge is 0.402 e. The number of hydrogen-bond acceptors (Lipinski definition) is 6. The first-order valence-electron chi connectivity index (χ1n) is 9.49. The van der Waals surface area contributed by atoms with Gasteiger partial charge < -0.3 is 19.5 Å². The van der Waals surface area contributed by atoms with Crippen LogP contribution in [0.2, 0.25) is 10.0 Å². The molecular weight excluding hydrogens is 425 g/mol. The predicted octanol–water partition coefficient (Wildman–Crippen LogP) is 3.84. The van der Waals surface area contributed by atoms with Crippen LogP contribution in [0, 0.1) is 0 Å². The van der Waals surface area contributed by atoms with Crippen LogP contribution in [0.5, 0.6) is 0 Å². The van der Waals surface area contributed by atoms with Gasteiger partial charge in [-0.2, -0.15) is 0 Å². The number of anilines is 1. The number of carbonyl (C=O) groups is 1. The Morgan fingerprint density at radius 3 is 2.63 bits per heavy atom. The molecule has 0 atom stereocenters. The second-order valence-corrected chi connectivity index (χ2v) is 7.81. The van der Waals surface area contributed by atoms with Gasteiger partial charge in [-0.15, -0.1) is 0 Å². The number of carbonyl (C=O) groups excluding carboxylic acids is 1. The topological polar surface area (TPSA) is 73.8 Å². The third kappa shape index (κ3) is 3.51. The highest BCUT2D eigenvalue weighted by Gasteiger charge is 2.28. The minimum absolute atomic E-state index is 0.166. The SMILES string of the molecule is O=C1OC(c2cccc(Cl)c2Cl)=N/C1=C/N1CCN(c2nc3ccccc3[nH]2)CC1. The molecule has 2 aromatic carbocycles. The molecule has 0 bridgehead atoms. The molecule has 0 aliphatic carbocycles. The lowest BCUT2D eigenvalue weighted by molar-refractivity contribution is -0.130. The lowest BCUT2D eigenvalue weighted by atomic mass is 10.2. The molecule has 5 rings (SSSR count). The Labute approximate surface area is 182 Å². The van der Waals surface area contributed by atoms with Gasteiger partial charge in [-0.1, -0.05) is 41.4 Å². The molecule has 0 saturated carbocycles. The number of aromatic amines is 1. The molecule has 3 aromatic rings. The maximum atomic E-state index is 12.3. The zero-order valence-corrected chi connectivity index (χ0v) is 17.3. The Balaban J connectivity index is 1.29. The van der Waals surface area contributed by atoms with Crippen LogP contribution in [0.1, 0.15) is 5.56 Å². The quantitative estimate of drug-likeness (QED) is 0.493. The number of aliphatic imine (C=N–C) groups is 1. The van der Waals surface area contributed by atoms with Crippen molar-refractivity contribution in [3.8, 4) is 0 Å². The van der Waals surface area contributed by atoms with Crippen LogP contribution in [-0.4, -0.2) is 52.9 Å².